The molecule has 2 fully saturated rings. The van der Waals surface area contributed by atoms with Crippen molar-refractivity contribution in [3.05, 3.63) is 35.9 Å². The van der Waals surface area contributed by atoms with E-state index in [1.54, 1.807) is 5.01 Å². The third kappa shape index (κ3) is 5.25. The van der Waals surface area contributed by atoms with Gasteiger partial charge in [-0.3, -0.25) is 19.5 Å². The van der Waals surface area contributed by atoms with Gasteiger partial charge in [0, 0.05) is 13.1 Å². The first-order valence-electron chi connectivity index (χ1n) is 11.0. The molecule has 1 aromatic carbocycles. The normalized spacial score (nSPS) is 23.1. The lowest BCUT2D eigenvalue weighted by Crippen LogP contribution is -2.62. The molecule has 0 bridgehead atoms. The van der Waals surface area contributed by atoms with Crippen LogP contribution in [-0.4, -0.2) is 85.2 Å². The third-order valence-electron chi connectivity index (χ3n) is 6.38. The van der Waals surface area contributed by atoms with Crippen molar-refractivity contribution in [1.29, 1.82) is 0 Å². The summed E-state index contributed by atoms with van der Waals surface area (Å²) in [4.78, 5) is 40.5. The van der Waals surface area contributed by atoms with Gasteiger partial charge in [-0.25, -0.2) is 9.80 Å². The Morgan fingerprint density at radius 3 is 2.42 bits per heavy atom. The molecule has 2 aliphatic heterocycles. The van der Waals surface area contributed by atoms with Crippen molar-refractivity contribution in [1.82, 2.24) is 14.9 Å². The average molecular weight is 432 g/mol. The second kappa shape index (κ2) is 10.7. The van der Waals surface area contributed by atoms with Crippen molar-refractivity contribution in [3.8, 4) is 0 Å². The second-order valence-electron chi connectivity index (χ2n) is 8.20. The predicted molar refractivity (Wildman–Crippen MR) is 115 cm³/mol. The van der Waals surface area contributed by atoms with Crippen molar-refractivity contribution < 1.29 is 23.9 Å². The molecule has 1 amide bonds. The van der Waals surface area contributed by atoms with Crippen LogP contribution in [0.2, 0.25) is 0 Å². The van der Waals surface area contributed by atoms with Gasteiger partial charge in [0.15, 0.2) is 0 Å². The van der Waals surface area contributed by atoms with E-state index in [4.69, 9.17) is 9.47 Å². The maximum Gasteiger partial charge on any atom is 0.330 e. The number of benzene rings is 1. The minimum Gasteiger partial charge on any atom is -0.468 e. The van der Waals surface area contributed by atoms with Crippen LogP contribution < -0.4 is 0 Å². The molecule has 0 spiro atoms. The van der Waals surface area contributed by atoms with E-state index in [1.165, 1.54) is 14.2 Å². The highest BCUT2D eigenvalue weighted by Gasteiger charge is 2.44. The zero-order valence-electron chi connectivity index (χ0n) is 18.7. The van der Waals surface area contributed by atoms with E-state index in [1.807, 2.05) is 47.3 Å². The highest BCUT2D eigenvalue weighted by Crippen LogP contribution is 2.27. The van der Waals surface area contributed by atoms with E-state index in [0.717, 1.165) is 24.9 Å². The molecule has 170 valence electrons. The number of rotatable bonds is 7. The Morgan fingerprint density at radius 2 is 1.77 bits per heavy atom. The van der Waals surface area contributed by atoms with Gasteiger partial charge < -0.3 is 9.47 Å². The molecule has 2 aliphatic rings. The molecular weight excluding hydrogens is 398 g/mol. The highest BCUT2D eigenvalue weighted by atomic mass is 16.5. The molecule has 0 N–H and O–H groups in total. The Kier molecular flexibility index (Phi) is 8.03. The number of esters is 2. The van der Waals surface area contributed by atoms with Crippen molar-refractivity contribution in [2.45, 2.75) is 56.7 Å². The maximum atomic E-state index is 13.6. The number of fused-ring (bicyclic) bond motifs is 1. The first-order chi connectivity index (χ1) is 15.0. The van der Waals surface area contributed by atoms with Crippen LogP contribution >= 0.6 is 0 Å². The van der Waals surface area contributed by atoms with Gasteiger partial charge in [0.05, 0.1) is 20.3 Å². The molecular formula is C23H33N3O5. The number of hydrogen-bond donors (Lipinski definition) is 0. The number of nitrogens with zero attached hydrogens (tertiary/aromatic N) is 3. The molecule has 3 atom stereocenters. The topological polar surface area (TPSA) is 79.4 Å². The van der Waals surface area contributed by atoms with E-state index >= 15 is 0 Å². The Labute approximate surface area is 184 Å². The number of aryl methyl sites for hydroxylation is 1. The molecule has 8 nitrogen and oxygen atoms in total. The molecule has 8 heteroatoms. The number of carbonyl (C=O) groups is 3. The average Bonchev–Trinajstić information content (AvgIpc) is 2.97. The lowest BCUT2D eigenvalue weighted by molar-refractivity contribution is -0.178. The smallest absolute Gasteiger partial charge is 0.330 e. The van der Waals surface area contributed by atoms with Crippen LogP contribution in [0.1, 0.15) is 37.7 Å². The summed E-state index contributed by atoms with van der Waals surface area (Å²) in [6, 6.07) is 8.29. The molecule has 3 rings (SSSR count). The molecule has 2 heterocycles. The van der Waals surface area contributed by atoms with Crippen LogP contribution in [0.15, 0.2) is 30.3 Å². The number of carbonyl (C=O) groups excluding carboxylic acids is 3. The standard InChI is InChI=1S/C23H33N3O5/c1-24(19(22(28)30-2)14-13-17-9-5-4-6-10-17)18-11-7-15-25-16-8-12-20(23(29)31-3)26(25)21(18)27/h4-6,9-10,18-20H,7-8,11-16H2,1-3H3/t18-,19-,20?/m1/s1. The minimum absolute atomic E-state index is 0.149. The molecule has 31 heavy (non-hydrogen) atoms. The number of hydrazine groups is 1. The maximum absolute atomic E-state index is 13.6. The van der Waals surface area contributed by atoms with E-state index in [0.29, 0.717) is 32.2 Å². The Morgan fingerprint density at radius 1 is 1.10 bits per heavy atom. The van der Waals surface area contributed by atoms with Crippen LogP contribution in [-0.2, 0) is 30.3 Å². The fourth-order valence-corrected chi connectivity index (χ4v) is 4.67. The van der Waals surface area contributed by atoms with Crippen LogP contribution in [0.4, 0.5) is 0 Å². The van der Waals surface area contributed by atoms with Gasteiger partial charge in [-0.15, -0.1) is 0 Å². The first-order valence-corrected chi connectivity index (χ1v) is 11.0. The van der Waals surface area contributed by atoms with E-state index in [9.17, 15) is 14.4 Å². The molecule has 2 saturated heterocycles. The number of methoxy groups -OCH3 is 2. The molecule has 1 unspecified atom stereocenters. The van der Waals surface area contributed by atoms with Gasteiger partial charge in [-0.2, -0.15) is 0 Å². The minimum atomic E-state index is -0.610. The third-order valence-corrected chi connectivity index (χ3v) is 6.38. The van der Waals surface area contributed by atoms with Crippen molar-refractivity contribution in [2.24, 2.45) is 0 Å². The predicted octanol–water partition coefficient (Wildman–Crippen LogP) is 1.64. The summed E-state index contributed by atoms with van der Waals surface area (Å²) in [5.41, 5.74) is 1.13. The summed E-state index contributed by atoms with van der Waals surface area (Å²) in [7, 11) is 4.53. The van der Waals surface area contributed by atoms with E-state index < -0.39 is 24.1 Å². The van der Waals surface area contributed by atoms with Crippen LogP contribution in [0, 0.1) is 0 Å². The van der Waals surface area contributed by atoms with Gasteiger partial charge in [0.2, 0.25) is 0 Å². The summed E-state index contributed by atoms with van der Waals surface area (Å²) in [5, 5.41) is 3.56. The number of amides is 1. The zero-order chi connectivity index (χ0) is 22.4. The van der Waals surface area contributed by atoms with Crippen molar-refractivity contribution in [2.75, 3.05) is 34.4 Å². The van der Waals surface area contributed by atoms with Crippen LogP contribution in [0.5, 0.6) is 0 Å². The zero-order valence-corrected chi connectivity index (χ0v) is 18.7. The lowest BCUT2D eigenvalue weighted by Gasteiger charge is -2.43. The lowest BCUT2D eigenvalue weighted by atomic mass is 10.0. The molecule has 0 aromatic heterocycles. The number of likely N-dealkylation sites (N-methyl/N-ethyl adjacent to an activating group) is 1. The van der Waals surface area contributed by atoms with Crippen LogP contribution in [0.3, 0.4) is 0 Å². The van der Waals surface area contributed by atoms with Gasteiger partial charge >= 0.3 is 11.9 Å². The highest BCUT2D eigenvalue weighted by molar-refractivity contribution is 5.88. The van der Waals surface area contributed by atoms with Gasteiger partial charge in [0.25, 0.3) is 5.91 Å². The van der Waals surface area contributed by atoms with E-state index in [2.05, 4.69) is 0 Å². The fourth-order valence-electron chi connectivity index (χ4n) is 4.67. The molecule has 0 aliphatic carbocycles. The monoisotopic (exact) mass is 431 g/mol. The largest absolute Gasteiger partial charge is 0.468 e. The van der Waals surface area contributed by atoms with Gasteiger partial charge in [-0.1, -0.05) is 30.3 Å². The van der Waals surface area contributed by atoms with Gasteiger partial charge in [0.1, 0.15) is 12.1 Å². The van der Waals surface area contributed by atoms with Crippen molar-refractivity contribution in [3.63, 3.8) is 0 Å². The van der Waals surface area contributed by atoms with Crippen LogP contribution in [0.25, 0.3) is 0 Å². The van der Waals surface area contributed by atoms with E-state index in [-0.39, 0.29) is 11.9 Å². The van der Waals surface area contributed by atoms with Gasteiger partial charge in [-0.05, 0) is 51.1 Å². The Hall–Kier alpha value is -2.45. The first kappa shape index (κ1) is 23.2. The summed E-state index contributed by atoms with van der Waals surface area (Å²) >= 11 is 0. The quantitative estimate of drug-likeness (QED) is 0.607. The van der Waals surface area contributed by atoms with Crippen molar-refractivity contribution >= 4 is 17.8 Å². The number of hydrogen-bond acceptors (Lipinski definition) is 7. The Bertz CT molecular complexity index is 772. The molecule has 0 saturated carbocycles. The summed E-state index contributed by atoms with van der Waals surface area (Å²) in [6.45, 7) is 1.45. The summed E-state index contributed by atoms with van der Waals surface area (Å²) < 4.78 is 10.0. The second-order valence-corrected chi connectivity index (χ2v) is 8.20. The number of ether oxygens (including phenoxy) is 2. The molecule has 1 aromatic rings. The molecule has 0 radical (unpaired) electrons. The Balaban J connectivity index is 1.80. The SMILES string of the molecule is COC(=O)C1CCCN2CCC[C@@H](N(C)[C@H](CCc3ccccc3)C(=O)OC)C(=O)N12. The summed E-state index contributed by atoms with van der Waals surface area (Å²) in [5.74, 6) is -0.894. The summed E-state index contributed by atoms with van der Waals surface area (Å²) in [6.07, 6.45) is 4.09. The fraction of sp³-hybridized carbons (Fsp3) is 0.609.